The largest absolute Gasteiger partial charge is 0.383 e. The minimum absolute atomic E-state index is 0.0228. The quantitative estimate of drug-likeness (QED) is 0.708. The Morgan fingerprint density at radius 2 is 1.84 bits per heavy atom. The summed E-state index contributed by atoms with van der Waals surface area (Å²) in [6.07, 6.45) is 6.17. The average Bonchev–Trinajstić information content (AvgIpc) is 2.63. The molecule has 2 N–H and O–H groups in total. The fourth-order valence-corrected chi connectivity index (χ4v) is 3.15. The third-order valence-electron chi connectivity index (χ3n) is 4.61. The molecule has 2 rings (SSSR count). The number of carbonyl (C=O) groups excluding carboxylic acids is 2. The summed E-state index contributed by atoms with van der Waals surface area (Å²) in [6, 6.07) is 7.44. The minimum Gasteiger partial charge on any atom is -0.383 e. The van der Waals surface area contributed by atoms with Crippen LogP contribution in [0.15, 0.2) is 24.3 Å². The second kappa shape index (κ2) is 10.2. The van der Waals surface area contributed by atoms with E-state index in [4.69, 9.17) is 4.74 Å². The maximum Gasteiger partial charge on any atom is 0.251 e. The van der Waals surface area contributed by atoms with E-state index in [1.54, 1.807) is 31.4 Å². The van der Waals surface area contributed by atoms with Gasteiger partial charge >= 0.3 is 0 Å². The number of hydrogen-bond donors (Lipinski definition) is 2. The lowest BCUT2D eigenvalue weighted by Gasteiger charge is -2.30. The Balaban J connectivity index is 1.79. The van der Waals surface area contributed by atoms with Crippen LogP contribution < -0.4 is 10.6 Å². The Bertz CT molecular complexity index is 554. The normalized spacial score (nSPS) is 15.2. The van der Waals surface area contributed by atoms with Crippen LogP contribution in [-0.2, 0) is 9.53 Å². The zero-order chi connectivity index (χ0) is 18.1. The molecule has 1 aliphatic rings. The average molecular weight is 347 g/mol. The summed E-state index contributed by atoms with van der Waals surface area (Å²) in [6.45, 7) is 1.35. The Kier molecular flexibility index (Phi) is 7.88. The molecular weight excluding hydrogens is 318 g/mol. The van der Waals surface area contributed by atoms with E-state index in [1.807, 2.05) is 7.05 Å². The molecule has 6 heteroatoms. The molecule has 0 atom stereocenters. The molecule has 25 heavy (non-hydrogen) atoms. The van der Waals surface area contributed by atoms with Crippen LogP contribution in [0.1, 0.15) is 42.5 Å². The lowest BCUT2D eigenvalue weighted by atomic mass is 9.94. The fraction of sp³-hybridized carbons (Fsp3) is 0.579. The molecule has 1 aromatic rings. The van der Waals surface area contributed by atoms with E-state index >= 15 is 0 Å². The highest BCUT2D eigenvalue weighted by Crippen LogP contribution is 2.21. The van der Waals surface area contributed by atoms with E-state index in [9.17, 15) is 9.59 Å². The van der Waals surface area contributed by atoms with Crippen molar-refractivity contribution >= 4 is 17.5 Å². The predicted octanol–water partition coefficient (Wildman–Crippen LogP) is 2.27. The van der Waals surface area contributed by atoms with Gasteiger partial charge in [-0.25, -0.2) is 0 Å². The van der Waals surface area contributed by atoms with E-state index in [0.29, 0.717) is 37.0 Å². The number of carbonyl (C=O) groups is 2. The molecule has 0 radical (unpaired) electrons. The van der Waals surface area contributed by atoms with Gasteiger partial charge in [-0.05, 0) is 44.2 Å². The predicted molar refractivity (Wildman–Crippen MR) is 98.8 cm³/mol. The van der Waals surface area contributed by atoms with Crippen LogP contribution in [0, 0.1) is 0 Å². The van der Waals surface area contributed by atoms with E-state index in [2.05, 4.69) is 15.5 Å². The van der Waals surface area contributed by atoms with E-state index in [-0.39, 0.29) is 11.8 Å². The Morgan fingerprint density at radius 1 is 1.16 bits per heavy atom. The Morgan fingerprint density at radius 3 is 2.48 bits per heavy atom. The van der Waals surface area contributed by atoms with Crippen LogP contribution in [0.25, 0.3) is 0 Å². The monoisotopic (exact) mass is 347 g/mol. The minimum atomic E-state index is -0.146. The van der Waals surface area contributed by atoms with Crippen molar-refractivity contribution in [2.45, 2.75) is 38.1 Å². The number of amides is 2. The second-order valence-corrected chi connectivity index (χ2v) is 6.58. The Hall–Kier alpha value is -1.92. The Labute approximate surface area is 149 Å². The summed E-state index contributed by atoms with van der Waals surface area (Å²) in [5, 5.41) is 5.66. The van der Waals surface area contributed by atoms with Gasteiger partial charge in [-0.15, -0.1) is 0 Å². The molecule has 1 fully saturated rings. The van der Waals surface area contributed by atoms with Crippen LogP contribution in [0.5, 0.6) is 0 Å². The maximum absolute atomic E-state index is 12.2. The number of rotatable bonds is 8. The van der Waals surface area contributed by atoms with Gasteiger partial charge < -0.3 is 15.4 Å². The van der Waals surface area contributed by atoms with Crippen LogP contribution >= 0.6 is 0 Å². The molecule has 0 unspecified atom stereocenters. The van der Waals surface area contributed by atoms with Gasteiger partial charge in [0.1, 0.15) is 0 Å². The van der Waals surface area contributed by atoms with Gasteiger partial charge in [0.25, 0.3) is 5.91 Å². The lowest BCUT2D eigenvalue weighted by molar-refractivity contribution is -0.117. The van der Waals surface area contributed by atoms with Crippen molar-refractivity contribution in [1.29, 1.82) is 0 Å². The van der Waals surface area contributed by atoms with E-state index in [1.165, 1.54) is 32.1 Å². The van der Waals surface area contributed by atoms with Gasteiger partial charge in [0, 0.05) is 30.9 Å². The molecule has 0 heterocycles. The molecule has 1 saturated carbocycles. The second-order valence-electron chi connectivity index (χ2n) is 6.58. The smallest absolute Gasteiger partial charge is 0.251 e. The maximum atomic E-state index is 12.2. The molecule has 0 spiro atoms. The van der Waals surface area contributed by atoms with Gasteiger partial charge in [-0.2, -0.15) is 0 Å². The molecule has 138 valence electrons. The number of ether oxygens (including phenoxy) is 1. The molecule has 1 aromatic carbocycles. The molecule has 0 saturated heterocycles. The highest BCUT2D eigenvalue weighted by atomic mass is 16.5. The summed E-state index contributed by atoms with van der Waals surface area (Å²) < 4.78 is 4.90. The van der Waals surface area contributed by atoms with Gasteiger partial charge in [-0.1, -0.05) is 19.3 Å². The summed E-state index contributed by atoms with van der Waals surface area (Å²) in [5.74, 6) is -0.169. The first-order chi connectivity index (χ1) is 12.1. The van der Waals surface area contributed by atoms with Crippen molar-refractivity contribution in [3.05, 3.63) is 29.8 Å². The van der Waals surface area contributed by atoms with Crippen molar-refractivity contribution in [2.75, 3.05) is 39.2 Å². The van der Waals surface area contributed by atoms with Crippen LogP contribution in [0.2, 0.25) is 0 Å². The highest BCUT2D eigenvalue weighted by molar-refractivity contribution is 5.96. The van der Waals surface area contributed by atoms with Crippen molar-refractivity contribution in [3.8, 4) is 0 Å². The third-order valence-corrected chi connectivity index (χ3v) is 4.61. The van der Waals surface area contributed by atoms with Crippen LogP contribution in [0.3, 0.4) is 0 Å². The van der Waals surface area contributed by atoms with E-state index in [0.717, 1.165) is 0 Å². The van der Waals surface area contributed by atoms with E-state index < -0.39 is 0 Å². The first-order valence-electron chi connectivity index (χ1n) is 8.97. The van der Waals surface area contributed by atoms with Gasteiger partial charge in [-0.3, -0.25) is 14.5 Å². The summed E-state index contributed by atoms with van der Waals surface area (Å²) in [5.41, 5.74) is 1.27. The number of hydrogen-bond acceptors (Lipinski definition) is 4. The third kappa shape index (κ3) is 6.48. The fourth-order valence-electron chi connectivity index (χ4n) is 3.15. The molecule has 6 nitrogen and oxygen atoms in total. The number of benzene rings is 1. The first-order valence-corrected chi connectivity index (χ1v) is 8.97. The topological polar surface area (TPSA) is 70.7 Å². The standard InChI is InChI=1S/C19H29N3O3/c1-22(17-6-4-3-5-7-17)14-18(23)21-16-10-8-15(9-11-16)19(24)20-12-13-25-2/h8-11,17H,3-7,12-14H2,1-2H3,(H,20,24)(H,21,23). The molecular formula is C19H29N3O3. The molecule has 0 aromatic heterocycles. The first kappa shape index (κ1) is 19.4. The van der Waals surface area contributed by atoms with Crippen molar-refractivity contribution < 1.29 is 14.3 Å². The van der Waals surface area contributed by atoms with Crippen molar-refractivity contribution in [2.24, 2.45) is 0 Å². The van der Waals surface area contributed by atoms with Crippen LogP contribution in [0.4, 0.5) is 5.69 Å². The number of nitrogens with zero attached hydrogens (tertiary/aromatic N) is 1. The summed E-state index contributed by atoms with van der Waals surface area (Å²) >= 11 is 0. The number of likely N-dealkylation sites (N-methyl/N-ethyl adjacent to an activating group) is 1. The van der Waals surface area contributed by atoms with Gasteiger partial charge in [0.15, 0.2) is 0 Å². The zero-order valence-electron chi connectivity index (χ0n) is 15.2. The molecule has 0 bridgehead atoms. The van der Waals surface area contributed by atoms with Crippen molar-refractivity contribution in [1.82, 2.24) is 10.2 Å². The van der Waals surface area contributed by atoms with Crippen LogP contribution in [-0.4, -0.2) is 56.6 Å². The van der Waals surface area contributed by atoms with Crippen molar-refractivity contribution in [3.63, 3.8) is 0 Å². The lowest BCUT2D eigenvalue weighted by Crippen LogP contribution is -2.39. The van der Waals surface area contributed by atoms with Gasteiger partial charge in [0.05, 0.1) is 13.2 Å². The zero-order valence-corrected chi connectivity index (χ0v) is 15.2. The number of methoxy groups -OCH3 is 1. The summed E-state index contributed by atoms with van der Waals surface area (Å²) in [7, 11) is 3.61. The molecule has 0 aliphatic heterocycles. The number of nitrogens with one attached hydrogen (secondary N) is 2. The number of anilines is 1. The molecule has 1 aliphatic carbocycles. The SMILES string of the molecule is COCCNC(=O)c1ccc(NC(=O)CN(C)C2CCCCC2)cc1. The summed E-state index contributed by atoms with van der Waals surface area (Å²) in [4.78, 5) is 26.3. The van der Waals surface area contributed by atoms with Gasteiger partial charge in [0.2, 0.25) is 5.91 Å². The highest BCUT2D eigenvalue weighted by Gasteiger charge is 2.19. The molecule has 2 amide bonds.